The first-order valence-corrected chi connectivity index (χ1v) is 9.56. The molecule has 0 unspecified atom stereocenters. The molecule has 1 aromatic carbocycles. The van der Waals surface area contributed by atoms with Gasteiger partial charge in [0.2, 0.25) is 17.6 Å². The van der Waals surface area contributed by atoms with E-state index in [1.54, 1.807) is 12.1 Å². The number of amides is 1. The second-order valence-electron chi connectivity index (χ2n) is 7.19. The van der Waals surface area contributed by atoms with Crippen LogP contribution in [0.4, 0.5) is 0 Å². The lowest BCUT2D eigenvalue weighted by atomic mass is 10.1. The van der Waals surface area contributed by atoms with Gasteiger partial charge < -0.3 is 20.5 Å². The van der Waals surface area contributed by atoms with Crippen molar-refractivity contribution < 1.29 is 9.32 Å². The number of hydrogen-bond donors (Lipinski definition) is 3. The fraction of sp³-hybridized carbons (Fsp3) is 0.474. The summed E-state index contributed by atoms with van der Waals surface area (Å²) in [6.07, 6.45) is 0.527. The zero-order valence-electron chi connectivity index (χ0n) is 16.7. The molecule has 1 aromatic heterocycles. The van der Waals surface area contributed by atoms with Crippen molar-refractivity contribution in [2.45, 2.75) is 39.7 Å². The number of carbonyl (C=O) groups is 1. The van der Waals surface area contributed by atoms with E-state index in [0.717, 1.165) is 5.56 Å². The van der Waals surface area contributed by atoms with Crippen molar-refractivity contribution in [2.24, 2.45) is 4.99 Å². The Hall–Kier alpha value is -2.61. The lowest BCUT2D eigenvalue weighted by Gasteiger charge is -2.20. The van der Waals surface area contributed by atoms with Gasteiger partial charge in [-0.2, -0.15) is 4.98 Å². The van der Waals surface area contributed by atoms with Crippen LogP contribution in [0.1, 0.15) is 33.6 Å². The average molecular weight is 407 g/mol. The van der Waals surface area contributed by atoms with Crippen LogP contribution in [0.3, 0.4) is 0 Å². The molecule has 2 rings (SSSR count). The Morgan fingerprint density at radius 1 is 1.21 bits per heavy atom. The van der Waals surface area contributed by atoms with Crippen LogP contribution < -0.4 is 16.0 Å². The molecule has 0 bridgehead atoms. The summed E-state index contributed by atoms with van der Waals surface area (Å²) in [6, 6.07) is 7.24. The third kappa shape index (κ3) is 7.56. The molecule has 0 atom stereocenters. The quantitative estimate of drug-likeness (QED) is 0.481. The Labute approximate surface area is 170 Å². The topological polar surface area (TPSA) is 104 Å². The number of rotatable bonds is 7. The minimum Gasteiger partial charge on any atom is -0.357 e. The zero-order chi connectivity index (χ0) is 20.6. The zero-order valence-corrected chi connectivity index (χ0v) is 17.4. The van der Waals surface area contributed by atoms with Crippen LogP contribution in [0, 0.1) is 0 Å². The average Bonchev–Trinajstić information content (AvgIpc) is 3.07. The second-order valence-corrected chi connectivity index (χ2v) is 7.63. The van der Waals surface area contributed by atoms with Crippen LogP contribution in [0.25, 0.3) is 11.4 Å². The van der Waals surface area contributed by atoms with Crippen molar-refractivity contribution in [3.8, 4) is 11.4 Å². The van der Waals surface area contributed by atoms with E-state index in [9.17, 15) is 4.79 Å². The molecule has 0 aliphatic rings. The van der Waals surface area contributed by atoms with Gasteiger partial charge in [-0.15, -0.1) is 0 Å². The summed E-state index contributed by atoms with van der Waals surface area (Å²) in [6.45, 7) is 9.03. The van der Waals surface area contributed by atoms with Gasteiger partial charge >= 0.3 is 0 Å². The van der Waals surface area contributed by atoms with Gasteiger partial charge in [0, 0.05) is 35.6 Å². The standard InChI is InChI=1S/C19H27ClN6O2/c1-5-21-18(23-12-15(27)25-19(2,3)4)22-11-10-16-24-17(26-28-16)13-6-8-14(20)9-7-13/h6-9H,5,10-12H2,1-4H3,(H,25,27)(H2,21,22,23). The molecule has 0 aliphatic heterocycles. The number of hydrogen-bond acceptors (Lipinski definition) is 5. The van der Waals surface area contributed by atoms with Crippen LogP contribution in [0.5, 0.6) is 0 Å². The predicted octanol–water partition coefficient (Wildman–Crippen LogP) is 2.40. The largest absolute Gasteiger partial charge is 0.357 e. The van der Waals surface area contributed by atoms with Crippen LogP contribution in [-0.2, 0) is 11.2 Å². The molecule has 9 heteroatoms. The third-order valence-electron chi connectivity index (χ3n) is 3.44. The van der Waals surface area contributed by atoms with Crippen molar-refractivity contribution in [3.05, 3.63) is 35.2 Å². The number of nitrogens with one attached hydrogen (secondary N) is 3. The van der Waals surface area contributed by atoms with E-state index in [2.05, 4.69) is 31.1 Å². The molecule has 28 heavy (non-hydrogen) atoms. The molecular weight excluding hydrogens is 380 g/mol. The van der Waals surface area contributed by atoms with Gasteiger partial charge in [0.1, 0.15) is 6.54 Å². The predicted molar refractivity (Wildman–Crippen MR) is 110 cm³/mol. The molecule has 1 heterocycles. The minimum atomic E-state index is -0.280. The van der Waals surface area contributed by atoms with Crippen molar-refractivity contribution in [1.82, 2.24) is 26.1 Å². The molecule has 3 N–H and O–H groups in total. The number of carbonyl (C=O) groups excluding carboxylic acids is 1. The smallest absolute Gasteiger partial charge is 0.242 e. The highest BCUT2D eigenvalue weighted by molar-refractivity contribution is 6.30. The molecule has 0 saturated heterocycles. The number of guanidine groups is 1. The molecule has 0 fully saturated rings. The molecule has 0 saturated carbocycles. The Morgan fingerprint density at radius 2 is 1.93 bits per heavy atom. The molecule has 1 amide bonds. The number of benzene rings is 1. The SMILES string of the molecule is CCNC(=NCC(=O)NC(C)(C)C)NCCc1nc(-c2ccc(Cl)cc2)no1. The van der Waals surface area contributed by atoms with Gasteiger partial charge in [-0.25, -0.2) is 4.99 Å². The first-order chi connectivity index (χ1) is 13.3. The summed E-state index contributed by atoms with van der Waals surface area (Å²) in [5.41, 5.74) is 0.560. The lowest BCUT2D eigenvalue weighted by Crippen LogP contribution is -2.43. The molecule has 8 nitrogen and oxygen atoms in total. The molecule has 0 radical (unpaired) electrons. The monoisotopic (exact) mass is 406 g/mol. The van der Waals surface area contributed by atoms with Crippen LogP contribution >= 0.6 is 11.6 Å². The van der Waals surface area contributed by atoms with Gasteiger partial charge in [-0.05, 0) is 52.0 Å². The summed E-state index contributed by atoms with van der Waals surface area (Å²) in [4.78, 5) is 20.6. The summed E-state index contributed by atoms with van der Waals surface area (Å²) in [5.74, 6) is 1.46. The van der Waals surface area contributed by atoms with E-state index in [4.69, 9.17) is 16.1 Å². The van der Waals surface area contributed by atoms with Crippen LogP contribution in [0.15, 0.2) is 33.8 Å². The first kappa shape index (κ1) is 21.7. The van der Waals surface area contributed by atoms with Gasteiger partial charge in [0.25, 0.3) is 0 Å². The summed E-state index contributed by atoms with van der Waals surface area (Å²) >= 11 is 5.89. The van der Waals surface area contributed by atoms with Crippen molar-refractivity contribution in [2.75, 3.05) is 19.6 Å². The van der Waals surface area contributed by atoms with Crippen molar-refractivity contribution in [1.29, 1.82) is 0 Å². The van der Waals surface area contributed by atoms with Gasteiger partial charge in [-0.3, -0.25) is 4.79 Å². The number of aliphatic imine (C=N–C) groups is 1. The van der Waals surface area contributed by atoms with Crippen molar-refractivity contribution in [3.63, 3.8) is 0 Å². The highest BCUT2D eigenvalue weighted by Crippen LogP contribution is 2.18. The van der Waals surface area contributed by atoms with Crippen LogP contribution in [0.2, 0.25) is 5.02 Å². The van der Waals surface area contributed by atoms with E-state index in [-0.39, 0.29) is 18.0 Å². The second kappa shape index (κ2) is 10.1. The fourth-order valence-corrected chi connectivity index (χ4v) is 2.44. The Bertz CT molecular complexity index is 796. The Morgan fingerprint density at radius 3 is 2.57 bits per heavy atom. The van der Waals surface area contributed by atoms with Crippen molar-refractivity contribution >= 4 is 23.5 Å². The number of nitrogens with zero attached hydrogens (tertiary/aromatic N) is 3. The van der Waals surface area contributed by atoms with E-state index < -0.39 is 0 Å². The maximum atomic E-state index is 11.9. The maximum Gasteiger partial charge on any atom is 0.242 e. The Balaban J connectivity index is 1.86. The third-order valence-corrected chi connectivity index (χ3v) is 3.69. The maximum absolute atomic E-state index is 11.9. The van der Waals surface area contributed by atoms with Gasteiger partial charge in [0.05, 0.1) is 0 Å². The number of aromatic nitrogens is 2. The summed E-state index contributed by atoms with van der Waals surface area (Å²) in [5, 5.41) is 13.8. The highest BCUT2D eigenvalue weighted by atomic mass is 35.5. The summed E-state index contributed by atoms with van der Waals surface area (Å²) in [7, 11) is 0. The van der Waals surface area contributed by atoms with E-state index in [1.165, 1.54) is 0 Å². The van der Waals surface area contributed by atoms with E-state index >= 15 is 0 Å². The van der Waals surface area contributed by atoms with Crippen LogP contribution in [-0.4, -0.2) is 47.2 Å². The molecule has 0 spiro atoms. The molecule has 2 aromatic rings. The molecular formula is C19H27ClN6O2. The summed E-state index contributed by atoms with van der Waals surface area (Å²) < 4.78 is 5.29. The van der Waals surface area contributed by atoms with E-state index in [0.29, 0.717) is 42.2 Å². The highest BCUT2D eigenvalue weighted by Gasteiger charge is 2.13. The normalized spacial score (nSPS) is 12.0. The van der Waals surface area contributed by atoms with Gasteiger partial charge in [0.15, 0.2) is 5.96 Å². The molecule has 152 valence electrons. The van der Waals surface area contributed by atoms with E-state index in [1.807, 2.05) is 39.8 Å². The lowest BCUT2D eigenvalue weighted by molar-refractivity contribution is -0.121. The first-order valence-electron chi connectivity index (χ1n) is 9.18. The van der Waals surface area contributed by atoms with Gasteiger partial charge in [-0.1, -0.05) is 16.8 Å². The Kier molecular flexibility index (Phi) is 7.80. The number of halogens is 1. The molecule has 0 aliphatic carbocycles. The minimum absolute atomic E-state index is 0.0495. The fourth-order valence-electron chi connectivity index (χ4n) is 2.31.